The van der Waals surface area contributed by atoms with Crippen molar-refractivity contribution in [3.63, 3.8) is 0 Å². The normalized spacial score (nSPS) is 10.2. The molecule has 0 aliphatic carbocycles. The number of aromatic nitrogens is 1. The van der Waals surface area contributed by atoms with Crippen LogP contribution in [0.2, 0.25) is 0 Å². The molecule has 1 amide bonds. The SMILES string of the molecule is CCCCCCC(=O)Nc1ncc(N)cc1Br. The predicted octanol–water partition coefficient (Wildman–Crippen LogP) is 3.34. The number of rotatable bonds is 6. The number of carbonyl (C=O) groups is 1. The molecule has 0 spiro atoms. The number of hydrogen-bond acceptors (Lipinski definition) is 3. The zero-order chi connectivity index (χ0) is 12.7. The average molecular weight is 300 g/mol. The van der Waals surface area contributed by atoms with Crippen molar-refractivity contribution in [1.29, 1.82) is 0 Å². The van der Waals surface area contributed by atoms with Gasteiger partial charge in [0.25, 0.3) is 0 Å². The lowest BCUT2D eigenvalue weighted by molar-refractivity contribution is -0.116. The van der Waals surface area contributed by atoms with Crippen LogP contribution in [0.1, 0.15) is 39.0 Å². The van der Waals surface area contributed by atoms with Crippen LogP contribution in [0.5, 0.6) is 0 Å². The highest BCUT2D eigenvalue weighted by Gasteiger charge is 2.06. The fraction of sp³-hybridized carbons (Fsp3) is 0.500. The van der Waals surface area contributed by atoms with Crippen LogP contribution in [-0.2, 0) is 4.79 Å². The number of carbonyl (C=O) groups excluding carboxylic acids is 1. The number of halogens is 1. The van der Waals surface area contributed by atoms with Gasteiger partial charge in [-0.1, -0.05) is 26.2 Å². The largest absolute Gasteiger partial charge is 0.397 e. The van der Waals surface area contributed by atoms with E-state index in [2.05, 4.69) is 33.2 Å². The molecular weight excluding hydrogens is 282 g/mol. The van der Waals surface area contributed by atoms with Crippen molar-refractivity contribution >= 4 is 33.3 Å². The summed E-state index contributed by atoms with van der Waals surface area (Å²) in [6, 6.07) is 1.72. The van der Waals surface area contributed by atoms with E-state index < -0.39 is 0 Å². The predicted molar refractivity (Wildman–Crippen MR) is 73.7 cm³/mol. The first-order chi connectivity index (χ1) is 8.13. The van der Waals surface area contributed by atoms with E-state index in [0.717, 1.165) is 12.8 Å². The maximum atomic E-state index is 11.6. The van der Waals surface area contributed by atoms with Crippen molar-refractivity contribution in [2.75, 3.05) is 11.1 Å². The van der Waals surface area contributed by atoms with E-state index in [1.54, 1.807) is 6.07 Å². The highest BCUT2D eigenvalue weighted by molar-refractivity contribution is 9.10. The Balaban J connectivity index is 2.40. The van der Waals surface area contributed by atoms with Crippen LogP contribution in [0.3, 0.4) is 0 Å². The fourth-order valence-corrected chi connectivity index (χ4v) is 1.92. The van der Waals surface area contributed by atoms with Gasteiger partial charge in [-0.2, -0.15) is 0 Å². The van der Waals surface area contributed by atoms with Crippen molar-refractivity contribution < 1.29 is 4.79 Å². The monoisotopic (exact) mass is 299 g/mol. The Labute approximate surface area is 110 Å². The average Bonchev–Trinajstić information content (AvgIpc) is 2.28. The molecule has 5 heteroatoms. The van der Waals surface area contributed by atoms with Crippen LogP contribution in [0, 0.1) is 0 Å². The lowest BCUT2D eigenvalue weighted by Crippen LogP contribution is -2.12. The van der Waals surface area contributed by atoms with Crippen molar-refractivity contribution in [3.8, 4) is 0 Å². The van der Waals surface area contributed by atoms with Crippen molar-refractivity contribution in [2.24, 2.45) is 0 Å². The third-order valence-electron chi connectivity index (χ3n) is 2.38. The molecule has 0 unspecified atom stereocenters. The summed E-state index contributed by atoms with van der Waals surface area (Å²) in [5.74, 6) is 0.527. The van der Waals surface area contributed by atoms with Gasteiger partial charge in [0.2, 0.25) is 5.91 Å². The Kier molecular flexibility index (Phi) is 5.97. The zero-order valence-electron chi connectivity index (χ0n) is 10.0. The molecule has 0 saturated carbocycles. The first-order valence-electron chi connectivity index (χ1n) is 5.84. The van der Waals surface area contributed by atoms with E-state index in [1.807, 2.05) is 0 Å². The second kappa shape index (κ2) is 7.27. The quantitative estimate of drug-likeness (QED) is 0.792. The van der Waals surface area contributed by atoms with Gasteiger partial charge in [-0.3, -0.25) is 4.79 Å². The molecule has 0 aliphatic rings. The van der Waals surface area contributed by atoms with E-state index in [9.17, 15) is 4.79 Å². The maximum absolute atomic E-state index is 11.6. The number of nitrogens with two attached hydrogens (primary N) is 1. The van der Waals surface area contributed by atoms with Gasteiger partial charge < -0.3 is 11.1 Å². The number of hydrogen-bond donors (Lipinski definition) is 2. The molecule has 4 nitrogen and oxygen atoms in total. The lowest BCUT2D eigenvalue weighted by atomic mass is 10.1. The number of amides is 1. The van der Waals surface area contributed by atoms with Crippen molar-refractivity contribution in [1.82, 2.24) is 4.98 Å². The molecule has 0 bridgehead atoms. The van der Waals surface area contributed by atoms with Crippen LogP contribution in [0.15, 0.2) is 16.7 Å². The summed E-state index contributed by atoms with van der Waals surface area (Å²) < 4.78 is 0.708. The van der Waals surface area contributed by atoms with Crippen LogP contribution in [0.25, 0.3) is 0 Å². The Morgan fingerprint density at radius 1 is 1.47 bits per heavy atom. The molecule has 0 saturated heterocycles. The minimum absolute atomic E-state index is 0.000857. The molecule has 1 rings (SSSR count). The second-order valence-electron chi connectivity index (χ2n) is 3.96. The molecular formula is C12H18BrN3O. The molecule has 0 radical (unpaired) electrons. The van der Waals surface area contributed by atoms with E-state index in [1.165, 1.54) is 19.0 Å². The minimum atomic E-state index is -0.000857. The summed E-state index contributed by atoms with van der Waals surface area (Å²) in [6.07, 6.45) is 6.44. The van der Waals surface area contributed by atoms with Gasteiger partial charge in [-0.25, -0.2) is 4.98 Å². The molecule has 94 valence electrons. The number of nitrogen functional groups attached to an aromatic ring is 1. The smallest absolute Gasteiger partial charge is 0.225 e. The third kappa shape index (κ3) is 5.17. The van der Waals surface area contributed by atoms with Crippen LogP contribution in [-0.4, -0.2) is 10.9 Å². The zero-order valence-corrected chi connectivity index (χ0v) is 11.6. The Morgan fingerprint density at radius 3 is 2.88 bits per heavy atom. The highest BCUT2D eigenvalue weighted by atomic mass is 79.9. The molecule has 17 heavy (non-hydrogen) atoms. The summed E-state index contributed by atoms with van der Waals surface area (Å²) in [5, 5.41) is 2.76. The minimum Gasteiger partial charge on any atom is -0.397 e. The van der Waals surface area contributed by atoms with E-state index in [0.29, 0.717) is 22.4 Å². The Hall–Kier alpha value is -1.10. The highest BCUT2D eigenvalue weighted by Crippen LogP contribution is 2.21. The third-order valence-corrected chi connectivity index (χ3v) is 2.98. The van der Waals surface area contributed by atoms with Gasteiger partial charge in [0, 0.05) is 6.42 Å². The number of unbranched alkanes of at least 4 members (excludes halogenated alkanes) is 3. The molecule has 1 heterocycles. The van der Waals surface area contributed by atoms with E-state index >= 15 is 0 Å². The van der Waals surface area contributed by atoms with E-state index in [4.69, 9.17) is 5.73 Å². The maximum Gasteiger partial charge on any atom is 0.225 e. The summed E-state index contributed by atoms with van der Waals surface area (Å²) in [7, 11) is 0. The van der Waals surface area contributed by atoms with Crippen molar-refractivity contribution in [2.45, 2.75) is 39.0 Å². The van der Waals surface area contributed by atoms with Crippen LogP contribution < -0.4 is 11.1 Å². The molecule has 0 fully saturated rings. The van der Waals surface area contributed by atoms with Gasteiger partial charge in [0.1, 0.15) is 5.82 Å². The molecule has 0 atom stereocenters. The summed E-state index contributed by atoms with van der Waals surface area (Å²) in [6.45, 7) is 2.15. The van der Waals surface area contributed by atoms with Gasteiger partial charge >= 0.3 is 0 Å². The Morgan fingerprint density at radius 2 is 2.24 bits per heavy atom. The molecule has 0 aromatic carbocycles. The standard InChI is InChI=1S/C12H18BrN3O/c1-2-3-4-5-6-11(17)16-12-10(13)7-9(14)8-15-12/h7-8H,2-6,14H2,1H3,(H,15,16,17). The molecule has 1 aromatic rings. The number of nitrogens with one attached hydrogen (secondary N) is 1. The number of pyridine rings is 1. The van der Waals surface area contributed by atoms with Gasteiger partial charge in [-0.05, 0) is 28.4 Å². The second-order valence-corrected chi connectivity index (χ2v) is 4.81. The number of nitrogens with zero attached hydrogens (tertiary/aromatic N) is 1. The van der Waals surface area contributed by atoms with Gasteiger partial charge in [0.05, 0.1) is 16.4 Å². The number of anilines is 2. The van der Waals surface area contributed by atoms with Gasteiger partial charge in [0.15, 0.2) is 0 Å². The molecule has 1 aromatic heterocycles. The molecule has 0 aliphatic heterocycles. The summed E-state index contributed by atoms with van der Waals surface area (Å²) in [5.41, 5.74) is 6.13. The first-order valence-corrected chi connectivity index (χ1v) is 6.63. The van der Waals surface area contributed by atoms with E-state index in [-0.39, 0.29) is 5.91 Å². The topological polar surface area (TPSA) is 68.0 Å². The fourth-order valence-electron chi connectivity index (χ4n) is 1.45. The summed E-state index contributed by atoms with van der Waals surface area (Å²) in [4.78, 5) is 15.7. The first kappa shape index (κ1) is 14.0. The van der Waals surface area contributed by atoms with Crippen LogP contribution in [0.4, 0.5) is 11.5 Å². The van der Waals surface area contributed by atoms with Crippen LogP contribution >= 0.6 is 15.9 Å². The van der Waals surface area contributed by atoms with Crippen molar-refractivity contribution in [3.05, 3.63) is 16.7 Å². The Bertz CT molecular complexity index is 382. The van der Waals surface area contributed by atoms with Gasteiger partial charge in [-0.15, -0.1) is 0 Å². The lowest BCUT2D eigenvalue weighted by Gasteiger charge is -2.06. The molecule has 3 N–H and O–H groups in total. The summed E-state index contributed by atoms with van der Waals surface area (Å²) >= 11 is 3.31.